The van der Waals surface area contributed by atoms with E-state index < -0.39 is 0 Å². The fourth-order valence-electron chi connectivity index (χ4n) is 1.45. The van der Waals surface area contributed by atoms with Crippen LogP contribution in [0.25, 0.3) is 10.4 Å². The van der Waals surface area contributed by atoms with Crippen molar-refractivity contribution in [1.82, 2.24) is 4.98 Å². The van der Waals surface area contributed by atoms with Crippen LogP contribution in [-0.4, -0.2) is 25.2 Å². The lowest BCUT2D eigenvalue weighted by molar-refractivity contribution is 0.211. The Bertz CT molecular complexity index is 512. The minimum atomic E-state index is -0.347. The topological polar surface area (TPSA) is 34.1 Å². The van der Waals surface area contributed by atoms with E-state index >= 15 is 0 Å². The zero-order valence-electron chi connectivity index (χ0n) is 9.74. The number of hydrogen-bond donors (Lipinski definition) is 1. The van der Waals surface area contributed by atoms with Crippen LogP contribution in [0.4, 0.5) is 9.52 Å². The molecule has 18 heavy (non-hydrogen) atoms. The first-order chi connectivity index (χ1) is 8.69. The molecule has 1 aromatic carbocycles. The molecule has 6 heteroatoms. The van der Waals surface area contributed by atoms with Gasteiger partial charge in [0.25, 0.3) is 0 Å². The Morgan fingerprint density at radius 2 is 2.28 bits per heavy atom. The molecule has 3 nitrogen and oxygen atoms in total. The number of halogens is 2. The molecule has 0 atom stereocenters. The number of methoxy groups -OCH3 is 1. The van der Waals surface area contributed by atoms with Crippen LogP contribution in [0.5, 0.6) is 0 Å². The summed E-state index contributed by atoms with van der Waals surface area (Å²) in [6.45, 7) is 1.30. The fourth-order valence-corrected chi connectivity index (χ4v) is 2.50. The Labute approximate surface area is 114 Å². The van der Waals surface area contributed by atoms with E-state index in [2.05, 4.69) is 10.3 Å². The maximum absolute atomic E-state index is 13.2. The van der Waals surface area contributed by atoms with Gasteiger partial charge in [0, 0.05) is 24.9 Å². The Kier molecular flexibility index (Phi) is 4.52. The van der Waals surface area contributed by atoms with Crippen molar-refractivity contribution in [3.63, 3.8) is 0 Å². The standard InChI is InChI=1S/C12H12ClFN2OS/c1-17-3-2-15-12-16-7-11(18-12)8-4-9(13)6-10(14)5-8/h4-7H,2-3H2,1H3,(H,15,16). The minimum Gasteiger partial charge on any atom is -0.383 e. The number of ether oxygens (including phenoxy) is 1. The highest BCUT2D eigenvalue weighted by Crippen LogP contribution is 2.31. The molecule has 0 aliphatic carbocycles. The molecule has 0 amide bonds. The van der Waals surface area contributed by atoms with Gasteiger partial charge in [-0.1, -0.05) is 22.9 Å². The second-order valence-electron chi connectivity index (χ2n) is 3.61. The summed E-state index contributed by atoms with van der Waals surface area (Å²) in [5.41, 5.74) is 0.734. The van der Waals surface area contributed by atoms with Crippen LogP contribution in [0.3, 0.4) is 0 Å². The summed E-state index contributed by atoms with van der Waals surface area (Å²) >= 11 is 7.27. The summed E-state index contributed by atoms with van der Waals surface area (Å²) in [5.74, 6) is -0.347. The molecule has 2 rings (SSSR count). The van der Waals surface area contributed by atoms with Gasteiger partial charge in [-0.05, 0) is 23.8 Å². The van der Waals surface area contributed by atoms with Crippen molar-refractivity contribution in [1.29, 1.82) is 0 Å². The van der Waals surface area contributed by atoms with Crippen molar-refractivity contribution < 1.29 is 9.13 Å². The molecule has 96 valence electrons. The monoisotopic (exact) mass is 286 g/mol. The number of aromatic nitrogens is 1. The average Bonchev–Trinajstić information content (AvgIpc) is 2.77. The molecule has 2 aromatic rings. The summed E-state index contributed by atoms with van der Waals surface area (Å²) in [6.07, 6.45) is 1.70. The van der Waals surface area contributed by atoms with Crippen molar-refractivity contribution >= 4 is 28.1 Å². The predicted molar refractivity (Wildman–Crippen MR) is 72.9 cm³/mol. The second kappa shape index (κ2) is 6.13. The molecule has 0 fully saturated rings. The van der Waals surface area contributed by atoms with Gasteiger partial charge in [0.15, 0.2) is 5.13 Å². The molecule has 0 bridgehead atoms. The molecule has 0 unspecified atom stereocenters. The van der Waals surface area contributed by atoms with E-state index in [1.165, 1.54) is 23.5 Å². The van der Waals surface area contributed by atoms with E-state index in [9.17, 15) is 4.39 Å². The normalized spacial score (nSPS) is 10.6. The molecule has 0 saturated heterocycles. The number of anilines is 1. The molecular weight excluding hydrogens is 275 g/mol. The van der Waals surface area contributed by atoms with Crippen molar-refractivity contribution in [3.8, 4) is 10.4 Å². The predicted octanol–water partition coefficient (Wildman–Crippen LogP) is 3.66. The first-order valence-corrected chi connectivity index (χ1v) is 6.53. The summed E-state index contributed by atoms with van der Waals surface area (Å²) in [7, 11) is 1.64. The van der Waals surface area contributed by atoms with Crippen LogP contribution >= 0.6 is 22.9 Å². The number of thiazole rings is 1. The second-order valence-corrected chi connectivity index (χ2v) is 5.07. The van der Waals surface area contributed by atoms with Gasteiger partial charge >= 0.3 is 0 Å². The van der Waals surface area contributed by atoms with Crippen LogP contribution in [0.1, 0.15) is 0 Å². The van der Waals surface area contributed by atoms with Gasteiger partial charge in [0.05, 0.1) is 11.5 Å². The fraction of sp³-hybridized carbons (Fsp3) is 0.250. The largest absolute Gasteiger partial charge is 0.383 e. The Hall–Kier alpha value is -1.17. The third-order valence-electron chi connectivity index (χ3n) is 2.24. The molecule has 1 heterocycles. The zero-order chi connectivity index (χ0) is 13.0. The number of nitrogens with zero attached hydrogens (tertiary/aromatic N) is 1. The highest BCUT2D eigenvalue weighted by atomic mass is 35.5. The van der Waals surface area contributed by atoms with E-state index in [0.29, 0.717) is 18.2 Å². The van der Waals surface area contributed by atoms with Crippen LogP contribution < -0.4 is 5.32 Å². The lowest BCUT2D eigenvalue weighted by Gasteiger charge is -2.00. The smallest absolute Gasteiger partial charge is 0.183 e. The quantitative estimate of drug-likeness (QED) is 0.852. The summed E-state index contributed by atoms with van der Waals surface area (Å²) in [4.78, 5) is 5.08. The van der Waals surface area contributed by atoms with E-state index in [0.717, 1.165) is 15.6 Å². The van der Waals surface area contributed by atoms with Gasteiger partial charge in [0.1, 0.15) is 5.82 Å². The first kappa shape index (κ1) is 13.3. The molecule has 0 aliphatic heterocycles. The van der Waals surface area contributed by atoms with Gasteiger partial charge in [-0.25, -0.2) is 9.37 Å². The molecule has 0 saturated carbocycles. The summed E-state index contributed by atoms with van der Waals surface area (Å²) < 4.78 is 18.2. The van der Waals surface area contributed by atoms with E-state index in [4.69, 9.17) is 16.3 Å². The minimum absolute atomic E-state index is 0.347. The van der Waals surface area contributed by atoms with Crippen molar-refractivity contribution in [2.45, 2.75) is 0 Å². The molecule has 0 aliphatic rings. The Morgan fingerprint density at radius 3 is 3.00 bits per heavy atom. The molecule has 0 spiro atoms. The van der Waals surface area contributed by atoms with Crippen LogP contribution in [0.15, 0.2) is 24.4 Å². The number of nitrogens with one attached hydrogen (secondary N) is 1. The van der Waals surface area contributed by atoms with Gasteiger partial charge in [-0.15, -0.1) is 0 Å². The molecule has 1 N–H and O–H groups in total. The van der Waals surface area contributed by atoms with Crippen molar-refractivity contribution in [2.75, 3.05) is 25.6 Å². The first-order valence-electron chi connectivity index (χ1n) is 5.34. The van der Waals surface area contributed by atoms with Crippen LogP contribution in [0, 0.1) is 5.82 Å². The van der Waals surface area contributed by atoms with Gasteiger partial charge in [-0.2, -0.15) is 0 Å². The molecular formula is C12H12ClFN2OS. The number of benzene rings is 1. The lowest BCUT2D eigenvalue weighted by atomic mass is 10.2. The van der Waals surface area contributed by atoms with Crippen molar-refractivity contribution in [2.24, 2.45) is 0 Å². The zero-order valence-corrected chi connectivity index (χ0v) is 11.3. The van der Waals surface area contributed by atoms with Gasteiger partial charge in [-0.3, -0.25) is 0 Å². The maximum atomic E-state index is 13.2. The van der Waals surface area contributed by atoms with Gasteiger partial charge < -0.3 is 10.1 Å². The third-order valence-corrected chi connectivity index (χ3v) is 3.46. The lowest BCUT2D eigenvalue weighted by Crippen LogP contribution is -2.06. The Morgan fingerprint density at radius 1 is 1.44 bits per heavy atom. The average molecular weight is 287 g/mol. The van der Waals surface area contributed by atoms with Crippen LogP contribution in [-0.2, 0) is 4.74 Å². The molecule has 0 radical (unpaired) electrons. The van der Waals surface area contributed by atoms with Gasteiger partial charge in [0.2, 0.25) is 0 Å². The van der Waals surface area contributed by atoms with E-state index in [-0.39, 0.29) is 5.82 Å². The number of hydrogen-bond acceptors (Lipinski definition) is 4. The van der Waals surface area contributed by atoms with Crippen LogP contribution in [0.2, 0.25) is 5.02 Å². The highest BCUT2D eigenvalue weighted by Gasteiger charge is 2.06. The van der Waals surface area contributed by atoms with Crippen molar-refractivity contribution in [3.05, 3.63) is 35.2 Å². The summed E-state index contributed by atoms with van der Waals surface area (Å²) in [6, 6.07) is 4.44. The van der Waals surface area contributed by atoms with E-state index in [1.807, 2.05) is 0 Å². The van der Waals surface area contributed by atoms with E-state index in [1.54, 1.807) is 19.4 Å². The SMILES string of the molecule is COCCNc1ncc(-c2cc(F)cc(Cl)c2)s1. The highest BCUT2D eigenvalue weighted by molar-refractivity contribution is 7.18. The number of rotatable bonds is 5. The Balaban J connectivity index is 2.13. The maximum Gasteiger partial charge on any atom is 0.183 e. The molecule has 1 aromatic heterocycles. The summed E-state index contributed by atoms with van der Waals surface area (Å²) in [5, 5.41) is 4.28. The third kappa shape index (κ3) is 3.41.